The number of hydrogen-bond donors (Lipinski definition) is 1. The minimum absolute atomic E-state index is 0. The Bertz CT molecular complexity index is 848. The van der Waals surface area contributed by atoms with E-state index in [9.17, 15) is 8.42 Å². The molecular weight excluding hydrogens is 402 g/mol. The van der Waals surface area contributed by atoms with Gasteiger partial charge >= 0.3 is 0 Å². The van der Waals surface area contributed by atoms with Crippen molar-refractivity contribution in [3.05, 3.63) is 41.5 Å². The van der Waals surface area contributed by atoms with E-state index in [1.165, 1.54) is 5.56 Å². The molecule has 0 saturated carbocycles. The van der Waals surface area contributed by atoms with Gasteiger partial charge in [-0.15, -0.1) is 12.4 Å². The van der Waals surface area contributed by atoms with Crippen molar-refractivity contribution in [3.8, 4) is 0 Å². The molecule has 1 atom stereocenters. The van der Waals surface area contributed by atoms with E-state index >= 15 is 0 Å². The molecule has 2 aromatic rings. The first kappa shape index (κ1) is 22.8. The van der Waals surface area contributed by atoms with Crippen molar-refractivity contribution in [2.24, 2.45) is 5.73 Å². The first-order valence-corrected chi connectivity index (χ1v) is 10.7. The molecule has 1 saturated heterocycles. The molecule has 8 nitrogen and oxygen atoms in total. The van der Waals surface area contributed by atoms with Gasteiger partial charge in [-0.05, 0) is 30.0 Å². The van der Waals surface area contributed by atoms with Gasteiger partial charge in [0.15, 0.2) is 5.82 Å². The van der Waals surface area contributed by atoms with Crippen LogP contribution >= 0.6 is 12.4 Å². The third kappa shape index (κ3) is 5.09. The van der Waals surface area contributed by atoms with Crippen molar-refractivity contribution in [2.75, 3.05) is 26.2 Å². The van der Waals surface area contributed by atoms with Crippen molar-refractivity contribution in [1.29, 1.82) is 0 Å². The van der Waals surface area contributed by atoms with Gasteiger partial charge in [0.25, 0.3) is 0 Å². The van der Waals surface area contributed by atoms with Crippen molar-refractivity contribution in [3.63, 3.8) is 0 Å². The van der Waals surface area contributed by atoms with Crippen molar-refractivity contribution in [1.82, 2.24) is 19.3 Å². The zero-order chi connectivity index (χ0) is 19.4. The van der Waals surface area contributed by atoms with Crippen LogP contribution in [0.15, 0.2) is 33.7 Å². The lowest BCUT2D eigenvalue weighted by molar-refractivity contribution is 0.176. The van der Waals surface area contributed by atoms with E-state index in [2.05, 4.69) is 28.9 Å². The second kappa shape index (κ2) is 9.80. The highest BCUT2D eigenvalue weighted by atomic mass is 35.5. The largest absolute Gasteiger partial charge is 0.338 e. The zero-order valence-corrected chi connectivity index (χ0v) is 17.9. The quantitative estimate of drug-likeness (QED) is 0.717. The van der Waals surface area contributed by atoms with Gasteiger partial charge in [-0.25, -0.2) is 8.42 Å². The predicted octanol–water partition coefficient (Wildman–Crippen LogP) is 1.97. The molecule has 10 heteroatoms. The molecule has 3 rings (SSSR count). The Morgan fingerprint density at radius 1 is 1.18 bits per heavy atom. The zero-order valence-electron chi connectivity index (χ0n) is 16.2. The molecular formula is C18H28ClN5O3S. The summed E-state index contributed by atoms with van der Waals surface area (Å²) >= 11 is 0. The smallest absolute Gasteiger partial charge is 0.243 e. The molecule has 0 bridgehead atoms. The lowest BCUT2D eigenvalue weighted by Crippen LogP contribution is -2.48. The first-order chi connectivity index (χ1) is 12.9. The second-order valence-corrected chi connectivity index (χ2v) is 8.80. The van der Waals surface area contributed by atoms with E-state index in [0.717, 1.165) is 6.42 Å². The number of nitrogens with two attached hydrogens (primary N) is 1. The number of sulfonamides is 1. The maximum atomic E-state index is 12.9. The maximum absolute atomic E-state index is 12.9. The molecule has 1 aliphatic rings. The number of hydrogen-bond acceptors (Lipinski definition) is 7. The van der Waals surface area contributed by atoms with E-state index in [1.807, 2.05) is 12.1 Å². The average molecular weight is 430 g/mol. The van der Waals surface area contributed by atoms with Crippen LogP contribution in [0.1, 0.15) is 43.5 Å². The van der Waals surface area contributed by atoms with Crippen LogP contribution in [-0.4, -0.2) is 53.9 Å². The van der Waals surface area contributed by atoms with E-state index < -0.39 is 10.0 Å². The molecule has 2 N–H and O–H groups in total. The van der Waals surface area contributed by atoms with Gasteiger partial charge in [-0.3, -0.25) is 4.90 Å². The Balaban J connectivity index is 0.00000280. The minimum Gasteiger partial charge on any atom is -0.338 e. The van der Waals surface area contributed by atoms with E-state index in [0.29, 0.717) is 55.3 Å². The highest BCUT2D eigenvalue weighted by molar-refractivity contribution is 7.89. The molecule has 1 aliphatic heterocycles. The molecule has 0 amide bonds. The monoisotopic (exact) mass is 429 g/mol. The highest BCUT2D eigenvalue weighted by Crippen LogP contribution is 2.23. The summed E-state index contributed by atoms with van der Waals surface area (Å²) in [6.07, 6.45) is 1.03. The summed E-state index contributed by atoms with van der Waals surface area (Å²) in [6.45, 7) is 7.14. The number of halogens is 1. The summed E-state index contributed by atoms with van der Waals surface area (Å²) < 4.78 is 32.3. The van der Waals surface area contributed by atoms with Crippen molar-refractivity contribution in [2.45, 2.75) is 44.2 Å². The van der Waals surface area contributed by atoms with Gasteiger partial charge in [-0.2, -0.15) is 9.29 Å². The fourth-order valence-corrected chi connectivity index (χ4v) is 4.54. The number of nitrogens with zero attached hydrogens (tertiary/aromatic N) is 4. The molecule has 1 aromatic carbocycles. The fourth-order valence-electron chi connectivity index (χ4n) is 3.12. The molecule has 1 fully saturated rings. The van der Waals surface area contributed by atoms with Crippen LogP contribution in [-0.2, 0) is 23.1 Å². The van der Waals surface area contributed by atoms with Gasteiger partial charge in [0.2, 0.25) is 15.9 Å². The summed E-state index contributed by atoms with van der Waals surface area (Å²) in [7, 11) is -3.47. The highest BCUT2D eigenvalue weighted by Gasteiger charge is 2.29. The SMILES string of the molecule is CCC(C)c1ccc(S(=O)(=O)N2CCN(Cc3noc(CN)n3)CC2)cc1.Cl. The van der Waals surface area contributed by atoms with E-state index in [-0.39, 0.29) is 19.0 Å². The van der Waals surface area contributed by atoms with Crippen LogP contribution in [0.2, 0.25) is 0 Å². The Hall–Kier alpha value is -1.52. The van der Waals surface area contributed by atoms with Gasteiger partial charge < -0.3 is 10.3 Å². The van der Waals surface area contributed by atoms with Gasteiger partial charge in [0, 0.05) is 26.2 Å². The van der Waals surface area contributed by atoms with Crippen LogP contribution in [0.5, 0.6) is 0 Å². The normalized spacial score (nSPS) is 17.2. The van der Waals surface area contributed by atoms with Crippen LogP contribution < -0.4 is 5.73 Å². The van der Waals surface area contributed by atoms with Crippen LogP contribution in [0.4, 0.5) is 0 Å². The van der Waals surface area contributed by atoms with Crippen LogP contribution in [0.3, 0.4) is 0 Å². The van der Waals surface area contributed by atoms with Gasteiger partial charge in [0.05, 0.1) is 18.0 Å². The molecule has 2 heterocycles. The Morgan fingerprint density at radius 2 is 1.82 bits per heavy atom. The van der Waals surface area contributed by atoms with E-state index in [4.69, 9.17) is 10.3 Å². The molecule has 0 radical (unpaired) electrons. The van der Waals surface area contributed by atoms with E-state index in [1.54, 1.807) is 16.4 Å². The summed E-state index contributed by atoms with van der Waals surface area (Å²) in [5.74, 6) is 1.41. The van der Waals surface area contributed by atoms with Crippen molar-refractivity contribution < 1.29 is 12.9 Å². The minimum atomic E-state index is -3.47. The first-order valence-electron chi connectivity index (χ1n) is 9.28. The molecule has 156 valence electrons. The topological polar surface area (TPSA) is 106 Å². The third-order valence-electron chi connectivity index (χ3n) is 5.08. The number of benzene rings is 1. The molecule has 0 spiro atoms. The second-order valence-electron chi connectivity index (χ2n) is 6.87. The molecule has 28 heavy (non-hydrogen) atoms. The summed E-state index contributed by atoms with van der Waals surface area (Å²) in [5.41, 5.74) is 6.63. The predicted molar refractivity (Wildman–Crippen MR) is 109 cm³/mol. The third-order valence-corrected chi connectivity index (χ3v) is 6.99. The number of rotatable bonds is 7. The Morgan fingerprint density at radius 3 is 2.36 bits per heavy atom. The summed E-state index contributed by atoms with van der Waals surface area (Å²) in [5, 5.41) is 3.89. The number of piperazine rings is 1. The molecule has 1 aromatic heterocycles. The number of aromatic nitrogens is 2. The molecule has 1 unspecified atom stereocenters. The average Bonchev–Trinajstić information content (AvgIpc) is 3.15. The maximum Gasteiger partial charge on any atom is 0.243 e. The van der Waals surface area contributed by atoms with Crippen molar-refractivity contribution >= 4 is 22.4 Å². The lowest BCUT2D eigenvalue weighted by atomic mass is 9.99. The van der Waals surface area contributed by atoms with Crippen LogP contribution in [0, 0.1) is 0 Å². The summed E-state index contributed by atoms with van der Waals surface area (Å²) in [6, 6.07) is 7.28. The molecule has 0 aliphatic carbocycles. The fraction of sp³-hybridized carbons (Fsp3) is 0.556. The van der Waals surface area contributed by atoms with Crippen LogP contribution in [0.25, 0.3) is 0 Å². The lowest BCUT2D eigenvalue weighted by Gasteiger charge is -2.33. The Kier molecular flexibility index (Phi) is 7.97. The standard InChI is InChI=1S/C18H27N5O3S.ClH/c1-3-14(2)15-4-6-16(7-5-15)27(24,25)23-10-8-22(9-11-23)13-17-20-18(12-19)26-21-17;/h4-7,14H,3,8-13,19H2,1-2H3;1H. The summed E-state index contributed by atoms with van der Waals surface area (Å²) in [4.78, 5) is 6.66. The van der Waals surface area contributed by atoms with Gasteiger partial charge in [0.1, 0.15) is 0 Å². The Labute approximate surface area is 172 Å². The van der Waals surface area contributed by atoms with Gasteiger partial charge in [-0.1, -0.05) is 31.1 Å².